The van der Waals surface area contributed by atoms with E-state index in [0.29, 0.717) is 29.6 Å². The molecule has 4 aliphatic carbocycles. The van der Waals surface area contributed by atoms with E-state index in [1.54, 1.807) is 7.11 Å². The Hall–Kier alpha value is -1.76. The molecule has 0 aliphatic heterocycles. The molecule has 1 aromatic carbocycles. The molecule has 11 atom stereocenters. The van der Waals surface area contributed by atoms with Crippen LogP contribution in [0.1, 0.15) is 78.0 Å². The summed E-state index contributed by atoms with van der Waals surface area (Å²) in [6, 6.07) is 5.92. The summed E-state index contributed by atoms with van der Waals surface area (Å²) in [6.45, 7) is 7.07. The summed E-state index contributed by atoms with van der Waals surface area (Å²) in [4.78, 5) is 9.48. The lowest BCUT2D eigenvalue weighted by atomic mass is 9.43. The Labute approximate surface area is 227 Å². The van der Waals surface area contributed by atoms with Crippen molar-refractivity contribution in [3.05, 3.63) is 30.2 Å². The van der Waals surface area contributed by atoms with Gasteiger partial charge in [-0.1, -0.05) is 32.9 Å². The van der Waals surface area contributed by atoms with Crippen LogP contribution in [-0.2, 0) is 6.42 Å². The molecule has 3 N–H and O–H groups in total. The van der Waals surface area contributed by atoms with Crippen LogP contribution in [0.3, 0.4) is 0 Å². The lowest BCUT2D eigenvalue weighted by Crippen LogP contribution is -2.62. The van der Waals surface area contributed by atoms with E-state index in [1.165, 1.54) is 0 Å². The van der Waals surface area contributed by atoms with Gasteiger partial charge in [-0.05, 0) is 104 Å². The van der Waals surface area contributed by atoms with Gasteiger partial charge in [-0.15, -0.1) is 0 Å². The highest BCUT2D eigenvalue weighted by Gasteiger charge is 2.65. The van der Waals surface area contributed by atoms with Crippen LogP contribution in [-0.4, -0.2) is 50.7 Å². The number of hydrogen-bond donors (Lipinski definition) is 3. The van der Waals surface area contributed by atoms with E-state index in [2.05, 4.69) is 25.8 Å². The number of rotatable bonds is 5. The van der Waals surface area contributed by atoms with Gasteiger partial charge in [-0.3, -0.25) is 0 Å². The average Bonchev–Trinajstić information content (AvgIpc) is 3.27. The number of ether oxygens (including phenoxy) is 1. The number of para-hydroxylation sites is 1. The van der Waals surface area contributed by atoms with Gasteiger partial charge in [0.15, 0.2) is 0 Å². The van der Waals surface area contributed by atoms with Crippen molar-refractivity contribution in [3.8, 4) is 5.75 Å². The monoisotopic (exact) mass is 522 g/mol. The number of hydrogen-bond acceptors (Lipinski definition) is 6. The highest BCUT2D eigenvalue weighted by Crippen LogP contribution is 2.68. The number of aryl methyl sites for hydroxylation is 1. The van der Waals surface area contributed by atoms with Gasteiger partial charge in [0.1, 0.15) is 17.1 Å². The Balaban J connectivity index is 1.20. The summed E-state index contributed by atoms with van der Waals surface area (Å²) in [6.07, 6.45) is 9.24. The summed E-state index contributed by atoms with van der Waals surface area (Å²) in [7, 11) is 1.68. The molecule has 0 amide bonds. The van der Waals surface area contributed by atoms with E-state index in [1.807, 2.05) is 24.4 Å². The summed E-state index contributed by atoms with van der Waals surface area (Å²) < 4.78 is 5.52. The van der Waals surface area contributed by atoms with Crippen LogP contribution < -0.4 is 4.74 Å². The second-order valence-corrected chi connectivity index (χ2v) is 13.7. The molecular weight excluding hydrogens is 476 g/mol. The molecule has 4 saturated carbocycles. The number of aliphatic hydroxyl groups excluding tert-OH is 3. The Bertz CT molecular complexity index is 1170. The number of nitrogens with zero attached hydrogens (tertiary/aromatic N) is 2. The first kappa shape index (κ1) is 26.5. The maximum Gasteiger partial charge on any atom is 0.145 e. The second kappa shape index (κ2) is 9.71. The fourth-order valence-corrected chi connectivity index (χ4v) is 10.0. The van der Waals surface area contributed by atoms with Crippen LogP contribution in [0.15, 0.2) is 24.4 Å². The summed E-state index contributed by atoms with van der Waals surface area (Å²) in [5.41, 5.74) is 0.804. The Morgan fingerprint density at radius 3 is 2.66 bits per heavy atom. The molecule has 6 rings (SSSR count). The van der Waals surface area contributed by atoms with Crippen molar-refractivity contribution in [1.82, 2.24) is 9.97 Å². The molecule has 38 heavy (non-hydrogen) atoms. The normalized spacial score (nSPS) is 43.2. The first-order valence-corrected chi connectivity index (χ1v) is 15.0. The molecule has 1 heterocycles. The van der Waals surface area contributed by atoms with Crippen molar-refractivity contribution in [2.24, 2.45) is 46.3 Å². The van der Waals surface area contributed by atoms with Gasteiger partial charge >= 0.3 is 0 Å². The van der Waals surface area contributed by atoms with Gasteiger partial charge in [0.2, 0.25) is 0 Å². The van der Waals surface area contributed by atoms with Gasteiger partial charge in [-0.25, -0.2) is 9.97 Å². The molecule has 0 saturated heterocycles. The van der Waals surface area contributed by atoms with Crippen LogP contribution in [0, 0.1) is 46.3 Å². The van der Waals surface area contributed by atoms with Gasteiger partial charge in [0, 0.05) is 18.0 Å². The zero-order chi connectivity index (χ0) is 26.8. The number of benzene rings is 1. The van der Waals surface area contributed by atoms with E-state index in [9.17, 15) is 15.3 Å². The third-order valence-electron chi connectivity index (χ3n) is 12.2. The Morgan fingerprint density at radius 2 is 1.87 bits per heavy atom. The predicted octanol–water partition coefficient (Wildman–Crippen LogP) is 5.17. The minimum absolute atomic E-state index is 0.115. The molecule has 2 aromatic rings. The van der Waals surface area contributed by atoms with Gasteiger partial charge < -0.3 is 20.1 Å². The lowest BCUT2D eigenvalue weighted by Gasteiger charge is -2.63. The fraction of sp³-hybridized carbons (Fsp3) is 0.750. The van der Waals surface area contributed by atoms with Crippen LogP contribution in [0.2, 0.25) is 0 Å². The van der Waals surface area contributed by atoms with Crippen molar-refractivity contribution >= 4 is 10.9 Å². The molecule has 0 bridgehead atoms. The molecule has 6 nitrogen and oxygen atoms in total. The second-order valence-electron chi connectivity index (χ2n) is 13.7. The average molecular weight is 523 g/mol. The predicted molar refractivity (Wildman–Crippen MR) is 148 cm³/mol. The third-order valence-corrected chi connectivity index (χ3v) is 12.2. The first-order valence-electron chi connectivity index (χ1n) is 15.0. The molecule has 6 heteroatoms. The standard InChI is InChI=1S/C32H46N2O4/c1-18(8-11-28-33-17-19-6-5-7-26(38-4)30(19)34-28)22-9-10-23-29-24(16-27(37)32(22,23)3)31(2)13-12-21(35)14-20(31)15-25(29)36/h5-7,17-18,20-25,27,29,35-37H,8-16H2,1-4H3/t18-,20+,21-,22-,23+,24?,25-,27+,29+,31+,32-/m1/s1. The minimum Gasteiger partial charge on any atom is -0.494 e. The molecule has 4 fully saturated rings. The summed E-state index contributed by atoms with van der Waals surface area (Å²) in [5, 5.41) is 34.7. The number of fused-ring (bicyclic) bond motifs is 6. The number of aromatic nitrogens is 2. The van der Waals surface area contributed by atoms with Gasteiger partial charge in [0.05, 0.1) is 25.4 Å². The SMILES string of the molecule is COc1cccc2cnc(CC[C@@H](C)[C@H]3CC[C@H]4[C@H]5C(C[C@H](O)[C@]34C)[C@@]3(C)CC[C@@H](O)C[C@H]3C[C@H]5O)nc12. The highest BCUT2D eigenvalue weighted by atomic mass is 16.5. The van der Waals surface area contributed by atoms with Crippen LogP contribution in [0.25, 0.3) is 10.9 Å². The molecule has 4 aliphatic rings. The largest absolute Gasteiger partial charge is 0.494 e. The van der Waals surface area contributed by atoms with Crippen molar-refractivity contribution in [2.45, 2.75) is 96.9 Å². The smallest absolute Gasteiger partial charge is 0.145 e. The molecule has 1 unspecified atom stereocenters. The zero-order valence-electron chi connectivity index (χ0n) is 23.5. The van der Waals surface area contributed by atoms with Crippen molar-refractivity contribution < 1.29 is 20.1 Å². The Morgan fingerprint density at radius 1 is 1.05 bits per heavy atom. The molecule has 1 aromatic heterocycles. The van der Waals surface area contributed by atoms with Gasteiger partial charge in [-0.2, -0.15) is 0 Å². The number of aliphatic hydroxyl groups is 3. The van der Waals surface area contributed by atoms with E-state index in [-0.39, 0.29) is 35.1 Å². The van der Waals surface area contributed by atoms with E-state index in [4.69, 9.17) is 9.72 Å². The number of methoxy groups -OCH3 is 1. The first-order chi connectivity index (χ1) is 18.2. The molecule has 0 spiro atoms. The summed E-state index contributed by atoms with van der Waals surface area (Å²) in [5.74, 6) is 3.78. The van der Waals surface area contributed by atoms with Crippen LogP contribution in [0.4, 0.5) is 0 Å². The molecule has 0 radical (unpaired) electrons. The maximum atomic E-state index is 11.8. The topological polar surface area (TPSA) is 95.7 Å². The quantitative estimate of drug-likeness (QED) is 0.502. The lowest BCUT2D eigenvalue weighted by molar-refractivity contribution is -0.207. The molecule has 208 valence electrons. The van der Waals surface area contributed by atoms with Crippen molar-refractivity contribution in [2.75, 3.05) is 7.11 Å². The van der Waals surface area contributed by atoms with Crippen LogP contribution in [0.5, 0.6) is 5.75 Å². The third kappa shape index (κ3) is 4.00. The maximum absolute atomic E-state index is 11.8. The van der Waals surface area contributed by atoms with Gasteiger partial charge in [0.25, 0.3) is 0 Å². The Kier molecular flexibility index (Phi) is 6.76. The van der Waals surface area contributed by atoms with E-state index < -0.39 is 0 Å². The summed E-state index contributed by atoms with van der Waals surface area (Å²) >= 11 is 0. The molecular formula is C32H46N2O4. The minimum atomic E-state index is -0.348. The zero-order valence-corrected chi connectivity index (χ0v) is 23.5. The fourth-order valence-electron chi connectivity index (χ4n) is 10.0. The van der Waals surface area contributed by atoms with Crippen molar-refractivity contribution in [3.63, 3.8) is 0 Å². The highest BCUT2D eigenvalue weighted by molar-refractivity contribution is 5.83. The van der Waals surface area contributed by atoms with E-state index in [0.717, 1.165) is 80.3 Å². The van der Waals surface area contributed by atoms with Crippen molar-refractivity contribution in [1.29, 1.82) is 0 Å². The van der Waals surface area contributed by atoms with Crippen LogP contribution >= 0.6 is 0 Å². The van der Waals surface area contributed by atoms with E-state index >= 15 is 0 Å².